The molecule has 3 heterocycles. The van der Waals surface area contributed by atoms with Crippen LogP contribution in [0, 0.1) is 23.0 Å². The highest BCUT2D eigenvalue weighted by atomic mass is 32.1. The second kappa shape index (κ2) is 7.23. The van der Waals surface area contributed by atoms with Crippen LogP contribution in [-0.2, 0) is 6.54 Å². The van der Waals surface area contributed by atoms with E-state index in [9.17, 15) is 10.1 Å². The molecule has 0 aliphatic carbocycles. The molecule has 8 heteroatoms. The highest BCUT2D eigenvalue weighted by Gasteiger charge is 2.26. The lowest BCUT2D eigenvalue weighted by atomic mass is 9.94. The van der Waals surface area contributed by atoms with E-state index in [1.807, 2.05) is 13.1 Å². The van der Waals surface area contributed by atoms with Crippen LogP contribution in [0.1, 0.15) is 23.2 Å². The summed E-state index contributed by atoms with van der Waals surface area (Å²) in [6, 6.07) is 3.50. The number of thiazole rings is 1. The summed E-state index contributed by atoms with van der Waals surface area (Å²) < 4.78 is 0. The van der Waals surface area contributed by atoms with Gasteiger partial charge < -0.3 is 5.32 Å². The molecular weight excluding hydrogens is 326 g/mol. The molecule has 0 saturated carbocycles. The summed E-state index contributed by atoms with van der Waals surface area (Å²) in [5.41, 5.74) is 0.0169. The van der Waals surface area contributed by atoms with E-state index in [2.05, 4.69) is 27.1 Å². The van der Waals surface area contributed by atoms with Crippen LogP contribution in [0.15, 0.2) is 24.5 Å². The number of pyridine rings is 1. The average Bonchev–Trinajstić information content (AvgIpc) is 2.95. The quantitative estimate of drug-likeness (QED) is 0.661. The largest absolute Gasteiger partial charge is 0.367 e. The van der Waals surface area contributed by atoms with Crippen molar-refractivity contribution in [3.05, 3.63) is 44.5 Å². The van der Waals surface area contributed by atoms with Crippen LogP contribution in [0.4, 0.5) is 11.5 Å². The molecule has 0 amide bonds. The highest BCUT2D eigenvalue weighted by Crippen LogP contribution is 2.24. The third-order valence-electron chi connectivity index (χ3n) is 4.33. The third kappa shape index (κ3) is 4.07. The molecule has 0 bridgehead atoms. The number of nitro groups is 1. The molecule has 0 spiro atoms. The maximum Gasteiger partial charge on any atom is 0.287 e. The van der Waals surface area contributed by atoms with Gasteiger partial charge in [-0.1, -0.05) is 6.92 Å². The molecule has 1 fully saturated rings. The van der Waals surface area contributed by atoms with E-state index in [1.165, 1.54) is 17.1 Å². The first-order valence-corrected chi connectivity index (χ1v) is 8.83. The summed E-state index contributed by atoms with van der Waals surface area (Å²) in [5.74, 6) is 1.17. The zero-order valence-corrected chi connectivity index (χ0v) is 14.6. The molecular formula is C16H21N5O2S. The van der Waals surface area contributed by atoms with Crippen LogP contribution in [0.5, 0.6) is 0 Å². The fraction of sp³-hybridized carbons (Fsp3) is 0.500. The van der Waals surface area contributed by atoms with Crippen molar-refractivity contribution in [2.45, 2.75) is 32.9 Å². The lowest BCUT2D eigenvalue weighted by Gasteiger charge is -2.37. The van der Waals surface area contributed by atoms with Crippen LogP contribution in [0.3, 0.4) is 0 Å². The normalized spacial score (nSPS) is 21.6. The Labute approximate surface area is 144 Å². The first-order valence-electron chi connectivity index (χ1n) is 8.02. The van der Waals surface area contributed by atoms with Crippen molar-refractivity contribution in [3.8, 4) is 0 Å². The monoisotopic (exact) mass is 347 g/mol. The SMILES string of the molecule is Cc1ncc(CN2CCC(Nc3ccc([N+](=O)[O-])cn3)C(C)C2)s1. The third-order valence-corrected chi connectivity index (χ3v) is 5.23. The van der Waals surface area contributed by atoms with Gasteiger partial charge in [0.2, 0.25) is 0 Å². The standard InChI is InChI=1S/C16H21N5O2S/c1-11-9-20(10-14-8-17-12(2)24-14)6-5-15(11)19-16-4-3-13(7-18-16)21(22)23/h3-4,7-8,11,15H,5-6,9-10H2,1-2H3,(H,18,19). The molecule has 24 heavy (non-hydrogen) atoms. The predicted octanol–water partition coefficient (Wildman–Crippen LogP) is 3.08. The van der Waals surface area contributed by atoms with Crippen molar-refractivity contribution >= 4 is 22.8 Å². The number of aryl methyl sites for hydroxylation is 1. The number of rotatable bonds is 5. The van der Waals surface area contributed by atoms with Gasteiger partial charge in [-0.25, -0.2) is 9.97 Å². The molecule has 1 saturated heterocycles. The zero-order valence-electron chi connectivity index (χ0n) is 13.8. The number of nitrogens with one attached hydrogen (secondary N) is 1. The van der Waals surface area contributed by atoms with Crippen molar-refractivity contribution in [2.24, 2.45) is 5.92 Å². The summed E-state index contributed by atoms with van der Waals surface area (Å²) in [4.78, 5) is 22.5. The summed E-state index contributed by atoms with van der Waals surface area (Å²) >= 11 is 1.76. The van der Waals surface area contributed by atoms with E-state index >= 15 is 0 Å². The van der Waals surface area contributed by atoms with E-state index in [0.29, 0.717) is 17.8 Å². The minimum atomic E-state index is -0.432. The Morgan fingerprint density at radius 1 is 1.42 bits per heavy atom. The summed E-state index contributed by atoms with van der Waals surface area (Å²) in [6.07, 6.45) is 4.29. The number of aromatic nitrogens is 2. The lowest BCUT2D eigenvalue weighted by Crippen LogP contribution is -2.44. The van der Waals surface area contributed by atoms with E-state index < -0.39 is 4.92 Å². The first kappa shape index (κ1) is 16.8. The molecule has 0 aromatic carbocycles. The smallest absolute Gasteiger partial charge is 0.287 e. The van der Waals surface area contributed by atoms with Gasteiger partial charge in [-0.2, -0.15) is 0 Å². The molecule has 2 atom stereocenters. The Bertz CT molecular complexity index is 703. The van der Waals surface area contributed by atoms with Crippen molar-refractivity contribution < 1.29 is 4.92 Å². The molecule has 3 rings (SSSR count). The van der Waals surface area contributed by atoms with E-state index in [4.69, 9.17) is 0 Å². The number of anilines is 1. The van der Waals surface area contributed by atoms with Crippen molar-refractivity contribution in [3.63, 3.8) is 0 Å². The Balaban J connectivity index is 1.54. The molecule has 1 N–H and O–H groups in total. The molecule has 2 unspecified atom stereocenters. The van der Waals surface area contributed by atoms with E-state index in [-0.39, 0.29) is 5.69 Å². The Hall–Kier alpha value is -2.06. The molecule has 0 radical (unpaired) electrons. The Kier molecular flexibility index (Phi) is 5.06. The number of piperidine rings is 1. The lowest BCUT2D eigenvalue weighted by molar-refractivity contribution is -0.385. The summed E-state index contributed by atoms with van der Waals surface area (Å²) in [7, 11) is 0. The molecule has 1 aliphatic rings. The Morgan fingerprint density at radius 2 is 2.25 bits per heavy atom. The molecule has 7 nitrogen and oxygen atoms in total. The van der Waals surface area contributed by atoms with Crippen LogP contribution in [-0.4, -0.2) is 38.9 Å². The number of nitrogens with zero attached hydrogens (tertiary/aromatic N) is 4. The second-order valence-electron chi connectivity index (χ2n) is 6.26. The zero-order chi connectivity index (χ0) is 17.1. The highest BCUT2D eigenvalue weighted by molar-refractivity contribution is 7.11. The van der Waals surface area contributed by atoms with Gasteiger partial charge in [0.15, 0.2) is 0 Å². The van der Waals surface area contributed by atoms with Gasteiger partial charge in [-0.15, -0.1) is 11.3 Å². The van der Waals surface area contributed by atoms with Gasteiger partial charge in [0.25, 0.3) is 5.69 Å². The topological polar surface area (TPSA) is 84.2 Å². The van der Waals surface area contributed by atoms with Gasteiger partial charge in [0, 0.05) is 42.8 Å². The fourth-order valence-corrected chi connectivity index (χ4v) is 3.90. The number of hydrogen-bond donors (Lipinski definition) is 1. The fourth-order valence-electron chi connectivity index (χ4n) is 3.06. The van der Waals surface area contributed by atoms with Gasteiger partial charge >= 0.3 is 0 Å². The average molecular weight is 347 g/mol. The van der Waals surface area contributed by atoms with E-state index in [0.717, 1.165) is 31.1 Å². The van der Waals surface area contributed by atoms with Crippen LogP contribution < -0.4 is 5.32 Å². The van der Waals surface area contributed by atoms with Gasteiger partial charge in [0.1, 0.15) is 12.0 Å². The minimum Gasteiger partial charge on any atom is -0.367 e. The molecule has 2 aromatic rings. The second-order valence-corrected chi connectivity index (χ2v) is 7.58. The van der Waals surface area contributed by atoms with E-state index in [1.54, 1.807) is 17.4 Å². The Morgan fingerprint density at radius 3 is 2.83 bits per heavy atom. The van der Waals surface area contributed by atoms with Gasteiger partial charge in [-0.05, 0) is 25.3 Å². The van der Waals surface area contributed by atoms with Crippen LogP contribution >= 0.6 is 11.3 Å². The number of hydrogen-bond acceptors (Lipinski definition) is 7. The predicted molar refractivity (Wildman–Crippen MR) is 94.2 cm³/mol. The maximum atomic E-state index is 10.7. The van der Waals surface area contributed by atoms with Crippen molar-refractivity contribution in [1.29, 1.82) is 0 Å². The van der Waals surface area contributed by atoms with Crippen LogP contribution in [0.2, 0.25) is 0 Å². The van der Waals surface area contributed by atoms with Gasteiger partial charge in [-0.3, -0.25) is 15.0 Å². The molecule has 2 aromatic heterocycles. The van der Waals surface area contributed by atoms with Gasteiger partial charge in [0.05, 0.1) is 9.93 Å². The minimum absolute atomic E-state index is 0.0169. The molecule has 128 valence electrons. The molecule has 1 aliphatic heterocycles. The first-order chi connectivity index (χ1) is 11.5. The van der Waals surface area contributed by atoms with Crippen LogP contribution in [0.25, 0.3) is 0 Å². The summed E-state index contributed by atoms with van der Waals surface area (Å²) in [5, 5.41) is 15.2. The number of likely N-dealkylation sites (tertiary alicyclic amines) is 1. The maximum absolute atomic E-state index is 10.7. The summed E-state index contributed by atoms with van der Waals surface area (Å²) in [6.45, 7) is 7.25. The van der Waals surface area contributed by atoms with Crippen molar-refractivity contribution in [2.75, 3.05) is 18.4 Å². The van der Waals surface area contributed by atoms with Crippen molar-refractivity contribution in [1.82, 2.24) is 14.9 Å².